The molecule has 3 N–H and O–H groups in total. The Bertz CT molecular complexity index is 521. The van der Waals surface area contributed by atoms with Crippen molar-refractivity contribution in [3.05, 3.63) is 29.3 Å². The van der Waals surface area contributed by atoms with Gasteiger partial charge in [-0.2, -0.15) is 0 Å². The van der Waals surface area contributed by atoms with Gasteiger partial charge in [-0.05, 0) is 37.1 Å². The normalized spacial score (nSPS) is 21.7. The van der Waals surface area contributed by atoms with Crippen LogP contribution in [0.5, 0.6) is 0 Å². The van der Waals surface area contributed by atoms with Gasteiger partial charge in [0, 0.05) is 23.8 Å². The van der Waals surface area contributed by atoms with Crippen molar-refractivity contribution in [1.29, 1.82) is 0 Å². The standard InChI is InChI=1S/C14H17N3O2/c18-13-7-9-3-4-10(6-12(9)17-13)14(19)16-11-2-1-5-15-8-11/h3-4,6,11,15H,1-2,5,7-8H2,(H,16,19)(H,17,18)/t11-/m0/s1. The number of nitrogens with one attached hydrogen (secondary N) is 3. The van der Waals surface area contributed by atoms with Crippen molar-refractivity contribution < 1.29 is 9.59 Å². The molecule has 0 aliphatic carbocycles. The van der Waals surface area contributed by atoms with Crippen LogP contribution in [0.25, 0.3) is 0 Å². The Morgan fingerprint density at radius 2 is 2.26 bits per heavy atom. The second-order valence-electron chi connectivity index (χ2n) is 5.11. The number of carbonyl (C=O) groups is 2. The molecule has 100 valence electrons. The smallest absolute Gasteiger partial charge is 0.251 e. The predicted octanol–water partition coefficient (Wildman–Crippen LogP) is 0.663. The van der Waals surface area contributed by atoms with E-state index in [1.54, 1.807) is 12.1 Å². The average Bonchev–Trinajstić information content (AvgIpc) is 2.78. The minimum absolute atomic E-state index is 0.0101. The van der Waals surface area contributed by atoms with E-state index in [9.17, 15) is 9.59 Å². The molecule has 1 aromatic rings. The van der Waals surface area contributed by atoms with Crippen LogP contribution < -0.4 is 16.0 Å². The summed E-state index contributed by atoms with van der Waals surface area (Å²) < 4.78 is 0. The maximum absolute atomic E-state index is 12.1. The molecule has 5 heteroatoms. The second-order valence-corrected chi connectivity index (χ2v) is 5.11. The summed E-state index contributed by atoms with van der Waals surface area (Å²) in [5.74, 6) is -0.0818. The Morgan fingerprint density at radius 1 is 1.37 bits per heavy atom. The van der Waals surface area contributed by atoms with Crippen molar-refractivity contribution >= 4 is 17.5 Å². The van der Waals surface area contributed by atoms with Gasteiger partial charge in [-0.25, -0.2) is 0 Å². The Labute approximate surface area is 111 Å². The molecule has 1 saturated heterocycles. The Kier molecular flexibility index (Phi) is 3.21. The molecule has 0 unspecified atom stereocenters. The number of carbonyl (C=O) groups excluding carboxylic acids is 2. The van der Waals surface area contributed by atoms with E-state index >= 15 is 0 Å². The molecule has 0 radical (unpaired) electrons. The van der Waals surface area contributed by atoms with Gasteiger partial charge in [0.2, 0.25) is 5.91 Å². The molecule has 2 aliphatic heterocycles. The number of rotatable bonds is 2. The number of fused-ring (bicyclic) bond motifs is 1. The van der Waals surface area contributed by atoms with Crippen molar-refractivity contribution in [1.82, 2.24) is 10.6 Å². The van der Waals surface area contributed by atoms with E-state index in [2.05, 4.69) is 16.0 Å². The fourth-order valence-electron chi connectivity index (χ4n) is 2.60. The maximum atomic E-state index is 12.1. The molecule has 0 aromatic heterocycles. The van der Waals surface area contributed by atoms with Gasteiger partial charge >= 0.3 is 0 Å². The van der Waals surface area contributed by atoms with Crippen molar-refractivity contribution in [2.75, 3.05) is 18.4 Å². The molecule has 3 rings (SSSR count). The van der Waals surface area contributed by atoms with Gasteiger partial charge in [-0.15, -0.1) is 0 Å². The highest BCUT2D eigenvalue weighted by Crippen LogP contribution is 2.24. The molecule has 0 spiro atoms. The largest absolute Gasteiger partial charge is 0.348 e. The van der Waals surface area contributed by atoms with E-state index in [1.807, 2.05) is 6.07 Å². The van der Waals surface area contributed by atoms with Gasteiger partial charge in [0.15, 0.2) is 0 Å². The number of piperidine rings is 1. The number of benzene rings is 1. The molecule has 1 atom stereocenters. The zero-order chi connectivity index (χ0) is 13.2. The summed E-state index contributed by atoms with van der Waals surface area (Å²) in [5, 5.41) is 9.06. The summed E-state index contributed by atoms with van der Waals surface area (Å²) in [5.41, 5.74) is 2.33. The third-order valence-electron chi connectivity index (χ3n) is 3.63. The van der Waals surface area contributed by atoms with Gasteiger partial charge in [-0.1, -0.05) is 6.07 Å². The monoisotopic (exact) mass is 259 g/mol. The van der Waals surface area contributed by atoms with E-state index < -0.39 is 0 Å². The average molecular weight is 259 g/mol. The molecule has 19 heavy (non-hydrogen) atoms. The summed E-state index contributed by atoms with van der Waals surface area (Å²) in [6.07, 6.45) is 2.51. The molecule has 1 aromatic carbocycles. The van der Waals surface area contributed by atoms with Gasteiger partial charge in [0.25, 0.3) is 5.91 Å². The first kappa shape index (κ1) is 12.2. The maximum Gasteiger partial charge on any atom is 0.251 e. The summed E-state index contributed by atoms with van der Waals surface area (Å²) >= 11 is 0. The fourth-order valence-corrected chi connectivity index (χ4v) is 2.60. The molecular weight excluding hydrogens is 242 g/mol. The first-order valence-electron chi connectivity index (χ1n) is 6.67. The van der Waals surface area contributed by atoms with E-state index in [-0.39, 0.29) is 17.9 Å². The van der Waals surface area contributed by atoms with E-state index in [0.717, 1.165) is 37.2 Å². The number of hydrogen-bond donors (Lipinski definition) is 3. The fraction of sp³-hybridized carbons (Fsp3) is 0.429. The van der Waals surface area contributed by atoms with E-state index in [1.165, 1.54) is 0 Å². The van der Waals surface area contributed by atoms with Crippen molar-refractivity contribution in [3.8, 4) is 0 Å². The number of anilines is 1. The highest BCUT2D eigenvalue weighted by molar-refractivity contribution is 6.02. The van der Waals surface area contributed by atoms with Gasteiger partial charge in [-0.3, -0.25) is 9.59 Å². The second kappa shape index (κ2) is 5.01. The lowest BCUT2D eigenvalue weighted by atomic mass is 10.1. The van der Waals surface area contributed by atoms with Gasteiger partial charge in [0.1, 0.15) is 0 Å². The first-order chi connectivity index (χ1) is 9.22. The SMILES string of the molecule is O=C1Cc2ccc(C(=O)N[C@H]3CCCNC3)cc2N1. The van der Waals surface area contributed by atoms with Gasteiger partial charge in [0.05, 0.1) is 6.42 Å². The van der Waals surface area contributed by atoms with Crippen molar-refractivity contribution in [3.63, 3.8) is 0 Å². The third-order valence-corrected chi connectivity index (χ3v) is 3.63. The Balaban J connectivity index is 1.70. The lowest BCUT2D eigenvalue weighted by Crippen LogP contribution is -2.45. The molecule has 2 aliphatic rings. The molecule has 0 saturated carbocycles. The number of amides is 2. The molecule has 2 amide bonds. The van der Waals surface area contributed by atoms with Crippen LogP contribution in [0.15, 0.2) is 18.2 Å². The van der Waals surface area contributed by atoms with Crippen molar-refractivity contribution in [2.24, 2.45) is 0 Å². The zero-order valence-corrected chi connectivity index (χ0v) is 10.7. The Morgan fingerprint density at radius 3 is 3.05 bits per heavy atom. The van der Waals surface area contributed by atoms with Crippen LogP contribution in [0.1, 0.15) is 28.8 Å². The van der Waals surface area contributed by atoms with E-state index in [0.29, 0.717) is 12.0 Å². The number of hydrogen-bond acceptors (Lipinski definition) is 3. The van der Waals surface area contributed by atoms with Gasteiger partial charge < -0.3 is 16.0 Å². The Hall–Kier alpha value is -1.88. The first-order valence-corrected chi connectivity index (χ1v) is 6.67. The van der Waals surface area contributed by atoms with E-state index in [4.69, 9.17) is 0 Å². The molecule has 0 bridgehead atoms. The predicted molar refractivity (Wildman–Crippen MR) is 72.1 cm³/mol. The summed E-state index contributed by atoms with van der Waals surface area (Å²) in [7, 11) is 0. The molecular formula is C14H17N3O2. The summed E-state index contributed by atoms with van der Waals surface area (Å²) in [6, 6.07) is 5.58. The minimum Gasteiger partial charge on any atom is -0.348 e. The quantitative estimate of drug-likeness (QED) is 0.731. The van der Waals surface area contributed by atoms with Crippen LogP contribution in [0.3, 0.4) is 0 Å². The van der Waals surface area contributed by atoms with Crippen LogP contribution in [-0.4, -0.2) is 30.9 Å². The molecule has 2 heterocycles. The third kappa shape index (κ3) is 2.61. The topological polar surface area (TPSA) is 70.2 Å². The lowest BCUT2D eigenvalue weighted by Gasteiger charge is -2.23. The lowest BCUT2D eigenvalue weighted by molar-refractivity contribution is -0.115. The van der Waals surface area contributed by atoms with Crippen LogP contribution >= 0.6 is 0 Å². The van der Waals surface area contributed by atoms with Crippen molar-refractivity contribution in [2.45, 2.75) is 25.3 Å². The molecule has 1 fully saturated rings. The summed E-state index contributed by atoms with van der Waals surface area (Å²) in [4.78, 5) is 23.4. The highest BCUT2D eigenvalue weighted by atomic mass is 16.2. The summed E-state index contributed by atoms with van der Waals surface area (Å²) in [6.45, 7) is 1.85. The molecule has 5 nitrogen and oxygen atoms in total. The zero-order valence-electron chi connectivity index (χ0n) is 10.7. The van der Waals surface area contributed by atoms with Crippen LogP contribution in [0.4, 0.5) is 5.69 Å². The van der Waals surface area contributed by atoms with Crippen LogP contribution in [0.2, 0.25) is 0 Å². The van der Waals surface area contributed by atoms with Crippen LogP contribution in [-0.2, 0) is 11.2 Å². The minimum atomic E-state index is -0.0716. The highest BCUT2D eigenvalue weighted by Gasteiger charge is 2.20. The van der Waals surface area contributed by atoms with Crippen LogP contribution in [0, 0.1) is 0 Å².